The van der Waals surface area contributed by atoms with Gasteiger partial charge in [0.05, 0.1) is 23.7 Å². The van der Waals surface area contributed by atoms with E-state index < -0.39 is 18.2 Å². The lowest BCUT2D eigenvalue weighted by molar-refractivity contribution is -0.000814. The SMILES string of the molecule is CN(CCCNC[C@H](O)c1ccc(O)c2[nH]c(=O)ccc12)C(=O)c1ccc(COc2cccc(C(c3ccccc3)N(C(=O)O)[C@H]3CN4CCC3CC4)c2)cc1. The van der Waals surface area contributed by atoms with E-state index in [0.29, 0.717) is 47.7 Å². The smallest absolute Gasteiger partial charge is 0.408 e. The molecule has 2 amide bonds. The number of aromatic hydroxyl groups is 1. The minimum atomic E-state index is -0.919. The number of nitrogens with one attached hydrogen (secondary N) is 2. The van der Waals surface area contributed by atoms with Gasteiger partial charge in [-0.3, -0.25) is 14.5 Å². The van der Waals surface area contributed by atoms with E-state index in [9.17, 15) is 29.7 Å². The minimum Gasteiger partial charge on any atom is -0.506 e. The van der Waals surface area contributed by atoms with Crippen molar-refractivity contribution in [1.82, 2.24) is 25.0 Å². The standard InChI is InChI=1S/C44H49N5O7/c1-47(22-6-21-45-26-39(51)35-15-17-38(50)41-36(35)16-18-40(52)46-41)43(53)32-13-11-29(12-14-32)28-56-34-10-5-9-33(25-34)42(31-7-3-2-4-8-31)49(44(54)55)37-27-48-23-19-30(37)20-24-48/h2-5,7-18,25,30,37,39,42,45,50-51H,6,19-24,26-28H2,1H3,(H,46,52)(H,54,55)/t37-,39-,42?/m0/s1. The zero-order valence-corrected chi connectivity index (χ0v) is 31.5. The molecule has 3 atom stereocenters. The molecule has 0 aliphatic carbocycles. The molecular formula is C44H49N5O7. The van der Waals surface area contributed by atoms with E-state index in [1.165, 1.54) is 12.1 Å². The Morgan fingerprint density at radius 1 is 0.946 bits per heavy atom. The molecule has 2 bridgehead atoms. The maximum Gasteiger partial charge on any atom is 0.408 e. The minimum absolute atomic E-state index is 0.0577. The number of pyridine rings is 1. The molecule has 0 radical (unpaired) electrons. The first kappa shape index (κ1) is 38.6. The number of aromatic amines is 1. The van der Waals surface area contributed by atoms with Gasteiger partial charge in [0.2, 0.25) is 5.56 Å². The fourth-order valence-corrected chi connectivity index (χ4v) is 8.19. The topological polar surface area (TPSA) is 159 Å². The van der Waals surface area contributed by atoms with Crippen molar-refractivity contribution in [3.05, 3.63) is 141 Å². The Balaban J connectivity index is 0.920. The highest BCUT2D eigenvalue weighted by atomic mass is 16.5. The Bertz CT molecular complexity index is 2190. The molecule has 3 aliphatic rings. The number of carboxylic acid groups (broad SMARTS) is 1. The number of benzene rings is 4. The summed E-state index contributed by atoms with van der Waals surface area (Å²) in [5.74, 6) is 0.816. The van der Waals surface area contributed by atoms with Crippen molar-refractivity contribution >= 4 is 22.9 Å². The number of aliphatic hydroxyl groups is 1. The van der Waals surface area contributed by atoms with Crippen LogP contribution < -0.4 is 15.6 Å². The normalized spacial score (nSPS) is 18.6. The Morgan fingerprint density at radius 3 is 2.41 bits per heavy atom. The van der Waals surface area contributed by atoms with Crippen LogP contribution in [0.4, 0.5) is 4.79 Å². The van der Waals surface area contributed by atoms with Crippen LogP contribution in [0.1, 0.15) is 64.0 Å². The first-order chi connectivity index (χ1) is 27.2. The van der Waals surface area contributed by atoms with E-state index >= 15 is 0 Å². The van der Waals surface area contributed by atoms with Crippen LogP contribution in [0.25, 0.3) is 10.9 Å². The molecule has 292 valence electrons. The molecule has 5 aromatic rings. The number of hydrogen-bond donors (Lipinski definition) is 5. The number of fused-ring (bicyclic) bond motifs is 4. The van der Waals surface area contributed by atoms with Gasteiger partial charge in [-0.15, -0.1) is 0 Å². The maximum absolute atomic E-state index is 13.2. The average Bonchev–Trinajstić information content (AvgIpc) is 3.22. The summed E-state index contributed by atoms with van der Waals surface area (Å²) in [5.41, 5.74) is 3.78. The molecule has 0 saturated carbocycles. The predicted octanol–water partition coefficient (Wildman–Crippen LogP) is 5.76. The number of piperidine rings is 3. The quantitative estimate of drug-likeness (QED) is 0.0837. The third-order valence-corrected chi connectivity index (χ3v) is 11.2. The van der Waals surface area contributed by atoms with Gasteiger partial charge in [0.25, 0.3) is 5.91 Å². The number of nitrogens with zero attached hydrogens (tertiary/aromatic N) is 3. The van der Waals surface area contributed by atoms with Crippen molar-refractivity contribution in [1.29, 1.82) is 0 Å². The van der Waals surface area contributed by atoms with Crippen molar-refractivity contribution in [2.45, 2.75) is 44.1 Å². The summed E-state index contributed by atoms with van der Waals surface area (Å²) in [6.07, 6.45) is 0.911. The number of aliphatic hydroxyl groups excluding tert-OH is 1. The van der Waals surface area contributed by atoms with Gasteiger partial charge < -0.3 is 40.2 Å². The molecule has 0 spiro atoms. The van der Waals surface area contributed by atoms with Gasteiger partial charge in [-0.05, 0) is 103 Å². The monoisotopic (exact) mass is 759 g/mol. The van der Waals surface area contributed by atoms with Crippen molar-refractivity contribution < 1.29 is 29.6 Å². The molecule has 3 saturated heterocycles. The highest BCUT2D eigenvalue weighted by Gasteiger charge is 2.43. The largest absolute Gasteiger partial charge is 0.506 e. The number of aromatic nitrogens is 1. The second-order valence-corrected chi connectivity index (χ2v) is 14.9. The van der Waals surface area contributed by atoms with Crippen molar-refractivity contribution in [2.75, 3.05) is 46.3 Å². The van der Waals surface area contributed by atoms with Gasteiger partial charge in [-0.1, -0.05) is 60.7 Å². The lowest BCUT2D eigenvalue weighted by atomic mass is 9.81. The number of amides is 2. The maximum atomic E-state index is 13.2. The number of H-pyrrole nitrogens is 1. The summed E-state index contributed by atoms with van der Waals surface area (Å²) in [4.78, 5) is 46.2. The molecule has 3 aliphatic heterocycles. The summed E-state index contributed by atoms with van der Waals surface area (Å²) in [7, 11) is 1.76. The Morgan fingerprint density at radius 2 is 1.70 bits per heavy atom. The van der Waals surface area contributed by atoms with Crippen LogP contribution in [0.3, 0.4) is 0 Å². The van der Waals surface area contributed by atoms with Gasteiger partial charge in [-0.25, -0.2) is 4.79 Å². The Kier molecular flexibility index (Phi) is 12.0. The number of hydrogen-bond acceptors (Lipinski definition) is 8. The van der Waals surface area contributed by atoms with E-state index in [-0.39, 0.29) is 41.9 Å². The van der Waals surface area contributed by atoms with E-state index in [1.54, 1.807) is 41.1 Å². The number of phenolic OH excluding ortho intramolecular Hbond substituents is 1. The molecule has 1 aromatic heterocycles. The summed E-state index contributed by atoms with van der Waals surface area (Å²) in [5, 5.41) is 35.4. The van der Waals surface area contributed by atoms with Crippen molar-refractivity contribution in [3.63, 3.8) is 0 Å². The van der Waals surface area contributed by atoms with Crippen LogP contribution in [0.5, 0.6) is 11.5 Å². The third kappa shape index (κ3) is 8.73. The van der Waals surface area contributed by atoms with Crippen molar-refractivity contribution in [3.8, 4) is 11.5 Å². The van der Waals surface area contributed by atoms with Crippen LogP contribution in [0.2, 0.25) is 0 Å². The second kappa shape index (κ2) is 17.4. The molecular weight excluding hydrogens is 711 g/mol. The molecule has 4 heterocycles. The van der Waals surface area contributed by atoms with Crippen LogP contribution in [-0.4, -0.2) is 99.4 Å². The fourth-order valence-electron chi connectivity index (χ4n) is 8.19. The number of carbonyl (C=O) groups is 2. The Hall–Kier alpha value is -5.69. The predicted molar refractivity (Wildman–Crippen MR) is 214 cm³/mol. The number of rotatable bonds is 15. The van der Waals surface area contributed by atoms with E-state index in [1.807, 2.05) is 66.7 Å². The molecule has 5 N–H and O–H groups in total. The van der Waals surface area contributed by atoms with E-state index in [2.05, 4.69) is 15.2 Å². The summed E-state index contributed by atoms with van der Waals surface area (Å²) in [6.45, 7) is 4.43. The van der Waals surface area contributed by atoms with E-state index in [4.69, 9.17) is 4.74 Å². The average molecular weight is 760 g/mol. The first-order valence-electron chi connectivity index (χ1n) is 19.3. The highest BCUT2D eigenvalue weighted by Crippen LogP contribution is 2.39. The fraction of sp³-hybridized carbons (Fsp3) is 0.341. The molecule has 56 heavy (non-hydrogen) atoms. The highest BCUT2D eigenvalue weighted by molar-refractivity contribution is 5.94. The van der Waals surface area contributed by atoms with Crippen LogP contribution in [0.15, 0.2) is 108 Å². The van der Waals surface area contributed by atoms with Gasteiger partial charge in [0.15, 0.2) is 0 Å². The van der Waals surface area contributed by atoms with Crippen LogP contribution >= 0.6 is 0 Å². The first-order valence-corrected chi connectivity index (χ1v) is 19.3. The van der Waals surface area contributed by atoms with Gasteiger partial charge in [0.1, 0.15) is 18.1 Å². The number of phenols is 1. The second-order valence-electron chi connectivity index (χ2n) is 14.9. The molecule has 3 fully saturated rings. The van der Waals surface area contributed by atoms with Gasteiger partial charge >= 0.3 is 6.09 Å². The molecule has 12 heteroatoms. The summed E-state index contributed by atoms with van der Waals surface area (Å²) >= 11 is 0. The summed E-state index contributed by atoms with van der Waals surface area (Å²) < 4.78 is 6.23. The van der Waals surface area contributed by atoms with Gasteiger partial charge in [-0.2, -0.15) is 0 Å². The molecule has 4 aromatic carbocycles. The molecule has 1 unspecified atom stereocenters. The van der Waals surface area contributed by atoms with E-state index in [0.717, 1.165) is 49.2 Å². The van der Waals surface area contributed by atoms with Crippen LogP contribution in [0, 0.1) is 5.92 Å². The molecule has 8 rings (SSSR count). The zero-order valence-electron chi connectivity index (χ0n) is 31.5. The zero-order chi connectivity index (χ0) is 39.2. The number of ether oxygens (including phenoxy) is 1. The van der Waals surface area contributed by atoms with Crippen LogP contribution in [-0.2, 0) is 6.61 Å². The summed E-state index contributed by atoms with van der Waals surface area (Å²) in [6, 6.07) is 30.4. The third-order valence-electron chi connectivity index (χ3n) is 11.2. The van der Waals surface area contributed by atoms with Crippen molar-refractivity contribution in [2.24, 2.45) is 5.92 Å². The lowest BCUT2D eigenvalue weighted by Crippen LogP contribution is -2.59. The van der Waals surface area contributed by atoms with Gasteiger partial charge in [0, 0.05) is 43.7 Å². The lowest BCUT2D eigenvalue weighted by Gasteiger charge is -2.50. The molecule has 12 nitrogen and oxygen atoms in total. The Labute approximate surface area is 326 Å². The number of carbonyl (C=O) groups excluding carboxylic acids is 1.